The van der Waals surface area contributed by atoms with Crippen LogP contribution >= 0.6 is 0 Å². The van der Waals surface area contributed by atoms with E-state index < -0.39 is 0 Å². The fraction of sp³-hybridized carbons (Fsp3) is 0. The molecule has 0 radical (unpaired) electrons. The van der Waals surface area contributed by atoms with E-state index in [2.05, 4.69) is 25.3 Å². The molecule has 0 saturated heterocycles. The van der Waals surface area contributed by atoms with Gasteiger partial charge in [-0.05, 0) is 24.3 Å². The van der Waals surface area contributed by atoms with E-state index in [1.807, 2.05) is 18.2 Å². The second kappa shape index (κ2) is 4.71. The van der Waals surface area contributed by atoms with E-state index in [1.54, 1.807) is 30.8 Å². The topological polar surface area (TPSA) is 93.6 Å². The van der Waals surface area contributed by atoms with Gasteiger partial charge in [-0.3, -0.25) is 10.1 Å². The first-order valence-electron chi connectivity index (χ1n) is 6.24. The minimum absolute atomic E-state index is 0.360. The Morgan fingerprint density at radius 3 is 2.95 bits per heavy atom. The highest BCUT2D eigenvalue weighted by Gasteiger charge is 2.14. The van der Waals surface area contributed by atoms with Gasteiger partial charge in [-0.1, -0.05) is 5.16 Å². The summed E-state index contributed by atoms with van der Waals surface area (Å²) in [4.78, 5) is 8.35. The summed E-state index contributed by atoms with van der Waals surface area (Å²) in [5.74, 6) is 1.51. The number of rotatable bonds is 3. The number of nitrogens with one attached hydrogen (secondary N) is 1. The van der Waals surface area contributed by atoms with E-state index in [0.29, 0.717) is 28.9 Å². The van der Waals surface area contributed by atoms with Crippen LogP contribution in [0, 0.1) is 0 Å². The molecule has 0 amide bonds. The van der Waals surface area contributed by atoms with E-state index in [0.717, 1.165) is 5.56 Å². The third-order valence-corrected chi connectivity index (χ3v) is 2.93. The fourth-order valence-corrected chi connectivity index (χ4v) is 1.93. The average molecular weight is 279 g/mol. The fourth-order valence-electron chi connectivity index (χ4n) is 1.93. The van der Waals surface area contributed by atoms with Gasteiger partial charge in [0.25, 0.3) is 5.89 Å². The summed E-state index contributed by atoms with van der Waals surface area (Å²) in [6.45, 7) is 0. The van der Waals surface area contributed by atoms with Crippen molar-refractivity contribution in [2.24, 2.45) is 0 Å². The maximum Gasteiger partial charge on any atom is 0.276 e. The van der Waals surface area contributed by atoms with Crippen LogP contribution in [0.1, 0.15) is 0 Å². The van der Waals surface area contributed by atoms with Crippen molar-refractivity contribution in [3.8, 4) is 34.4 Å². The summed E-state index contributed by atoms with van der Waals surface area (Å²) in [6, 6.07) is 9.10. The molecule has 4 aromatic rings. The van der Waals surface area contributed by atoms with Gasteiger partial charge in [0.05, 0.1) is 6.26 Å². The molecule has 0 bridgehead atoms. The van der Waals surface area contributed by atoms with Crippen molar-refractivity contribution in [1.82, 2.24) is 25.3 Å². The van der Waals surface area contributed by atoms with Crippen LogP contribution in [0.5, 0.6) is 0 Å². The van der Waals surface area contributed by atoms with Gasteiger partial charge in [0.1, 0.15) is 11.4 Å². The molecule has 0 aliphatic rings. The maximum absolute atomic E-state index is 5.29. The maximum atomic E-state index is 5.29. The van der Waals surface area contributed by atoms with Crippen molar-refractivity contribution in [2.45, 2.75) is 0 Å². The third kappa shape index (κ3) is 2.10. The first-order chi connectivity index (χ1) is 10.4. The summed E-state index contributed by atoms with van der Waals surface area (Å²) >= 11 is 0. The molecule has 0 fully saturated rings. The summed E-state index contributed by atoms with van der Waals surface area (Å²) in [6.07, 6.45) is 4.96. The number of hydrogen-bond acceptors (Lipinski definition) is 6. The SMILES string of the molecule is c1cncc(-c2noc(-c3cc(-c4ccco4)n[nH]3)n2)c1. The Bertz CT molecular complexity index is 849. The highest BCUT2D eigenvalue weighted by Crippen LogP contribution is 2.24. The molecule has 0 spiro atoms. The van der Waals surface area contributed by atoms with Crippen molar-refractivity contribution in [3.63, 3.8) is 0 Å². The highest BCUT2D eigenvalue weighted by molar-refractivity contribution is 5.62. The van der Waals surface area contributed by atoms with Gasteiger partial charge in [-0.2, -0.15) is 10.1 Å². The molecule has 7 heteroatoms. The van der Waals surface area contributed by atoms with Crippen LogP contribution < -0.4 is 0 Å². The Balaban J connectivity index is 1.67. The Kier molecular flexibility index (Phi) is 2.60. The average Bonchev–Trinajstić information content (AvgIpc) is 3.27. The van der Waals surface area contributed by atoms with Crippen LogP contribution in [0.2, 0.25) is 0 Å². The summed E-state index contributed by atoms with van der Waals surface area (Å²) in [5.41, 5.74) is 2.10. The number of nitrogens with zero attached hydrogens (tertiary/aromatic N) is 4. The number of aromatic amines is 1. The first kappa shape index (κ1) is 11.6. The summed E-state index contributed by atoms with van der Waals surface area (Å²) < 4.78 is 10.5. The lowest BCUT2D eigenvalue weighted by molar-refractivity contribution is 0.431. The van der Waals surface area contributed by atoms with Gasteiger partial charge < -0.3 is 8.94 Å². The standard InChI is InChI=1S/C14H9N5O2/c1-3-9(8-15-5-1)13-16-14(21-19-13)11-7-10(17-18-11)12-4-2-6-20-12/h1-8H,(H,17,18). The van der Waals surface area contributed by atoms with E-state index in [1.165, 1.54) is 0 Å². The van der Waals surface area contributed by atoms with E-state index in [4.69, 9.17) is 8.94 Å². The summed E-state index contributed by atoms with van der Waals surface area (Å²) in [7, 11) is 0. The third-order valence-electron chi connectivity index (χ3n) is 2.93. The number of aromatic nitrogens is 5. The normalized spacial score (nSPS) is 10.9. The molecule has 4 aromatic heterocycles. The zero-order valence-corrected chi connectivity index (χ0v) is 10.7. The highest BCUT2D eigenvalue weighted by atomic mass is 16.5. The van der Waals surface area contributed by atoms with Crippen LogP contribution in [0.4, 0.5) is 0 Å². The zero-order chi connectivity index (χ0) is 14.1. The minimum Gasteiger partial charge on any atom is -0.463 e. The van der Waals surface area contributed by atoms with Crippen molar-refractivity contribution in [1.29, 1.82) is 0 Å². The number of furan rings is 1. The van der Waals surface area contributed by atoms with E-state index in [9.17, 15) is 0 Å². The Hall–Kier alpha value is -3.22. The van der Waals surface area contributed by atoms with Crippen molar-refractivity contribution < 1.29 is 8.94 Å². The zero-order valence-electron chi connectivity index (χ0n) is 10.7. The lowest BCUT2D eigenvalue weighted by Gasteiger charge is -1.89. The van der Waals surface area contributed by atoms with Crippen LogP contribution in [0.25, 0.3) is 34.4 Å². The monoisotopic (exact) mass is 279 g/mol. The van der Waals surface area contributed by atoms with Gasteiger partial charge in [0.2, 0.25) is 5.82 Å². The molecule has 21 heavy (non-hydrogen) atoms. The molecule has 0 aromatic carbocycles. The molecule has 0 aliphatic carbocycles. The molecule has 7 nitrogen and oxygen atoms in total. The molecular formula is C14H9N5O2. The molecule has 4 rings (SSSR count). The smallest absolute Gasteiger partial charge is 0.276 e. The Morgan fingerprint density at radius 1 is 1.14 bits per heavy atom. The lowest BCUT2D eigenvalue weighted by atomic mass is 10.3. The Labute approximate surface area is 118 Å². The number of H-pyrrole nitrogens is 1. The van der Waals surface area contributed by atoms with Crippen molar-refractivity contribution in [2.75, 3.05) is 0 Å². The number of pyridine rings is 1. The number of hydrogen-bond donors (Lipinski definition) is 1. The van der Waals surface area contributed by atoms with Crippen molar-refractivity contribution in [3.05, 3.63) is 49.0 Å². The first-order valence-corrected chi connectivity index (χ1v) is 6.24. The second-order valence-electron chi connectivity index (χ2n) is 4.31. The summed E-state index contributed by atoms with van der Waals surface area (Å²) in [5, 5.41) is 10.9. The van der Waals surface area contributed by atoms with Crippen LogP contribution in [-0.2, 0) is 0 Å². The van der Waals surface area contributed by atoms with Gasteiger partial charge in [-0.25, -0.2) is 0 Å². The van der Waals surface area contributed by atoms with Crippen LogP contribution in [-0.4, -0.2) is 25.3 Å². The predicted octanol–water partition coefficient (Wildman–Crippen LogP) is 2.78. The molecule has 0 saturated carbocycles. The molecule has 102 valence electrons. The van der Waals surface area contributed by atoms with Gasteiger partial charge >= 0.3 is 0 Å². The van der Waals surface area contributed by atoms with Crippen molar-refractivity contribution >= 4 is 0 Å². The molecule has 0 atom stereocenters. The minimum atomic E-state index is 0.360. The quantitative estimate of drug-likeness (QED) is 0.619. The molecule has 4 heterocycles. The van der Waals surface area contributed by atoms with E-state index >= 15 is 0 Å². The largest absolute Gasteiger partial charge is 0.463 e. The second-order valence-corrected chi connectivity index (χ2v) is 4.31. The Morgan fingerprint density at radius 2 is 2.14 bits per heavy atom. The van der Waals surface area contributed by atoms with Gasteiger partial charge in [-0.15, -0.1) is 0 Å². The predicted molar refractivity (Wildman–Crippen MR) is 72.8 cm³/mol. The van der Waals surface area contributed by atoms with Crippen LogP contribution in [0.3, 0.4) is 0 Å². The lowest BCUT2D eigenvalue weighted by Crippen LogP contribution is -1.82. The molecule has 0 aliphatic heterocycles. The van der Waals surface area contributed by atoms with E-state index in [-0.39, 0.29) is 0 Å². The van der Waals surface area contributed by atoms with Gasteiger partial charge in [0, 0.05) is 24.0 Å². The molecular weight excluding hydrogens is 270 g/mol. The molecule has 1 N–H and O–H groups in total. The molecule has 0 unspecified atom stereocenters. The van der Waals surface area contributed by atoms with Crippen LogP contribution in [0.15, 0.2) is 57.9 Å². The van der Waals surface area contributed by atoms with Gasteiger partial charge in [0.15, 0.2) is 5.76 Å².